The maximum absolute atomic E-state index is 12.5. The molecule has 1 aromatic carbocycles. The molecule has 1 aromatic heterocycles. The summed E-state index contributed by atoms with van der Waals surface area (Å²) < 4.78 is 1.38. The van der Waals surface area contributed by atoms with Crippen LogP contribution in [-0.4, -0.2) is 21.4 Å². The van der Waals surface area contributed by atoms with Crippen molar-refractivity contribution in [1.82, 2.24) is 14.9 Å². The second-order valence-corrected chi connectivity index (χ2v) is 4.82. The Morgan fingerprint density at radius 3 is 2.75 bits per heavy atom. The predicted octanol–water partition coefficient (Wildman–Crippen LogP) is 0.683. The molecular formula is C14H13N3O3. The van der Waals surface area contributed by atoms with Crippen LogP contribution in [-0.2, 0) is 9.59 Å². The highest BCUT2D eigenvalue weighted by Gasteiger charge is 2.30. The molecule has 6 nitrogen and oxygen atoms in total. The maximum Gasteiger partial charge on any atom is 0.262 e. The molecule has 2 heterocycles. The molecule has 102 valence electrons. The van der Waals surface area contributed by atoms with Crippen LogP contribution in [0.1, 0.15) is 24.7 Å². The van der Waals surface area contributed by atoms with Gasteiger partial charge in [0.25, 0.3) is 5.56 Å². The average molecular weight is 271 g/mol. The molecule has 1 saturated heterocycles. The molecule has 1 N–H and O–H groups in total. The zero-order valence-electron chi connectivity index (χ0n) is 10.9. The Bertz CT molecular complexity index is 779. The lowest BCUT2D eigenvalue weighted by molar-refractivity contribution is -0.135. The first-order chi connectivity index (χ1) is 9.58. The van der Waals surface area contributed by atoms with Gasteiger partial charge in [-0.2, -0.15) is 0 Å². The van der Waals surface area contributed by atoms with Crippen LogP contribution in [0.3, 0.4) is 0 Å². The molecule has 0 aliphatic carbocycles. The first kappa shape index (κ1) is 12.5. The first-order valence-electron chi connectivity index (χ1n) is 6.39. The van der Waals surface area contributed by atoms with Gasteiger partial charge in [-0.1, -0.05) is 12.1 Å². The summed E-state index contributed by atoms with van der Waals surface area (Å²) in [7, 11) is 0. The van der Waals surface area contributed by atoms with Crippen LogP contribution < -0.4 is 10.9 Å². The molecule has 1 aliphatic heterocycles. The number of aryl methyl sites for hydroxylation is 1. The van der Waals surface area contributed by atoms with E-state index in [0.29, 0.717) is 23.1 Å². The molecule has 0 saturated carbocycles. The van der Waals surface area contributed by atoms with Gasteiger partial charge in [-0.15, -0.1) is 0 Å². The normalized spacial score (nSPS) is 19.1. The van der Waals surface area contributed by atoms with E-state index in [1.54, 1.807) is 25.1 Å². The highest BCUT2D eigenvalue weighted by Crippen LogP contribution is 2.19. The summed E-state index contributed by atoms with van der Waals surface area (Å²) in [5.74, 6) is -0.266. The van der Waals surface area contributed by atoms with Crippen molar-refractivity contribution in [3.05, 3.63) is 40.4 Å². The highest BCUT2D eigenvalue weighted by molar-refractivity contribution is 5.99. The molecule has 6 heteroatoms. The summed E-state index contributed by atoms with van der Waals surface area (Å²) in [5.41, 5.74) is 0.362. The Morgan fingerprint density at radius 1 is 1.25 bits per heavy atom. The number of imide groups is 1. The van der Waals surface area contributed by atoms with E-state index in [-0.39, 0.29) is 17.9 Å². The van der Waals surface area contributed by atoms with Gasteiger partial charge in [0.15, 0.2) is 0 Å². The molecular weight excluding hydrogens is 258 g/mol. The lowest BCUT2D eigenvalue weighted by atomic mass is 10.1. The van der Waals surface area contributed by atoms with Gasteiger partial charge in [0.05, 0.1) is 10.9 Å². The maximum atomic E-state index is 12.5. The van der Waals surface area contributed by atoms with Gasteiger partial charge < -0.3 is 0 Å². The van der Waals surface area contributed by atoms with Crippen LogP contribution in [0.4, 0.5) is 0 Å². The van der Waals surface area contributed by atoms with E-state index in [1.165, 1.54) is 4.57 Å². The van der Waals surface area contributed by atoms with Gasteiger partial charge >= 0.3 is 0 Å². The van der Waals surface area contributed by atoms with Crippen molar-refractivity contribution in [2.75, 3.05) is 0 Å². The van der Waals surface area contributed by atoms with Gasteiger partial charge in [-0.3, -0.25) is 24.3 Å². The number of piperidine rings is 1. The summed E-state index contributed by atoms with van der Waals surface area (Å²) >= 11 is 0. The van der Waals surface area contributed by atoms with Crippen LogP contribution in [0.2, 0.25) is 0 Å². The first-order valence-corrected chi connectivity index (χ1v) is 6.39. The van der Waals surface area contributed by atoms with Gasteiger partial charge in [-0.05, 0) is 25.5 Å². The van der Waals surface area contributed by atoms with E-state index in [9.17, 15) is 14.4 Å². The van der Waals surface area contributed by atoms with Crippen LogP contribution in [0.25, 0.3) is 10.9 Å². The molecule has 0 unspecified atom stereocenters. The number of hydrogen-bond acceptors (Lipinski definition) is 4. The highest BCUT2D eigenvalue weighted by atomic mass is 16.2. The lowest BCUT2D eigenvalue weighted by Gasteiger charge is -2.24. The number of hydrogen-bond donors (Lipinski definition) is 1. The second-order valence-electron chi connectivity index (χ2n) is 4.82. The standard InChI is InChI=1S/C14H13N3O3/c1-8-15-10-5-3-2-4-9(10)14(20)17(8)11-6-7-12(18)16-13(11)19/h2-5,11H,6-7H2,1H3,(H,16,18,19)/t11-/m1/s1. The fourth-order valence-electron chi connectivity index (χ4n) is 2.55. The molecule has 3 rings (SSSR count). The number of fused-ring (bicyclic) bond motifs is 1. The smallest absolute Gasteiger partial charge is 0.262 e. The fourth-order valence-corrected chi connectivity index (χ4v) is 2.55. The Balaban J connectivity index is 2.19. The van der Waals surface area contributed by atoms with Crippen molar-refractivity contribution in [2.45, 2.75) is 25.8 Å². The largest absolute Gasteiger partial charge is 0.295 e. The molecule has 1 aliphatic rings. The van der Waals surface area contributed by atoms with E-state index < -0.39 is 11.9 Å². The zero-order valence-corrected chi connectivity index (χ0v) is 10.9. The van der Waals surface area contributed by atoms with Crippen LogP contribution in [0.15, 0.2) is 29.1 Å². The average Bonchev–Trinajstić information content (AvgIpc) is 2.41. The number of amides is 2. The number of para-hydroxylation sites is 1. The van der Waals surface area contributed by atoms with Gasteiger partial charge in [0, 0.05) is 6.42 Å². The number of rotatable bonds is 1. The number of nitrogens with zero attached hydrogens (tertiary/aromatic N) is 2. The summed E-state index contributed by atoms with van der Waals surface area (Å²) in [5, 5.41) is 2.74. The molecule has 1 fully saturated rings. The van der Waals surface area contributed by atoms with Crippen molar-refractivity contribution < 1.29 is 9.59 Å². The fraction of sp³-hybridized carbons (Fsp3) is 0.286. The molecule has 0 bridgehead atoms. The summed E-state index contributed by atoms with van der Waals surface area (Å²) in [6.45, 7) is 1.69. The monoisotopic (exact) mass is 271 g/mol. The summed E-state index contributed by atoms with van der Waals surface area (Å²) in [6.07, 6.45) is 0.556. The van der Waals surface area contributed by atoms with E-state index in [0.717, 1.165) is 0 Å². The van der Waals surface area contributed by atoms with Gasteiger partial charge in [-0.25, -0.2) is 4.98 Å². The quantitative estimate of drug-likeness (QED) is 0.773. The third kappa shape index (κ3) is 1.89. The van der Waals surface area contributed by atoms with E-state index in [4.69, 9.17) is 0 Å². The minimum absolute atomic E-state index is 0.231. The van der Waals surface area contributed by atoms with E-state index in [2.05, 4.69) is 10.3 Å². The number of aromatic nitrogens is 2. The van der Waals surface area contributed by atoms with Gasteiger partial charge in [0.1, 0.15) is 11.9 Å². The van der Waals surface area contributed by atoms with Gasteiger partial charge in [0.2, 0.25) is 11.8 Å². The lowest BCUT2D eigenvalue weighted by Crippen LogP contribution is -2.45. The van der Waals surface area contributed by atoms with Crippen LogP contribution in [0, 0.1) is 6.92 Å². The minimum Gasteiger partial charge on any atom is -0.295 e. The molecule has 2 amide bonds. The topological polar surface area (TPSA) is 81.1 Å². The van der Waals surface area contributed by atoms with Crippen LogP contribution >= 0.6 is 0 Å². The number of carbonyl (C=O) groups is 2. The zero-order chi connectivity index (χ0) is 14.3. The summed E-state index contributed by atoms with van der Waals surface area (Å²) in [4.78, 5) is 40.0. The number of nitrogens with one attached hydrogen (secondary N) is 1. The van der Waals surface area contributed by atoms with Crippen molar-refractivity contribution in [1.29, 1.82) is 0 Å². The van der Waals surface area contributed by atoms with Crippen molar-refractivity contribution >= 4 is 22.7 Å². The van der Waals surface area contributed by atoms with Crippen molar-refractivity contribution in [3.8, 4) is 0 Å². The summed E-state index contributed by atoms with van der Waals surface area (Å²) in [6, 6.07) is 6.35. The van der Waals surface area contributed by atoms with E-state index >= 15 is 0 Å². The predicted molar refractivity (Wildman–Crippen MR) is 72.2 cm³/mol. The Kier molecular flexibility index (Phi) is 2.85. The molecule has 2 aromatic rings. The minimum atomic E-state index is -0.669. The third-order valence-electron chi connectivity index (χ3n) is 3.51. The Hall–Kier alpha value is -2.50. The SMILES string of the molecule is Cc1nc2ccccc2c(=O)n1[C@@H]1CCC(=O)NC1=O. The van der Waals surface area contributed by atoms with Crippen LogP contribution in [0.5, 0.6) is 0 Å². The molecule has 0 radical (unpaired) electrons. The van der Waals surface area contributed by atoms with E-state index in [1.807, 2.05) is 6.07 Å². The number of carbonyl (C=O) groups excluding carboxylic acids is 2. The molecule has 0 spiro atoms. The molecule has 20 heavy (non-hydrogen) atoms. The number of benzene rings is 1. The Labute approximate surface area is 114 Å². The van der Waals surface area contributed by atoms with Crippen molar-refractivity contribution in [2.24, 2.45) is 0 Å². The molecule has 1 atom stereocenters. The second kappa shape index (κ2) is 4.56. The Morgan fingerprint density at radius 2 is 2.00 bits per heavy atom. The third-order valence-corrected chi connectivity index (χ3v) is 3.51. The van der Waals surface area contributed by atoms with Crippen molar-refractivity contribution in [3.63, 3.8) is 0 Å².